The van der Waals surface area contributed by atoms with E-state index >= 15 is 0 Å². The van der Waals surface area contributed by atoms with Crippen LogP contribution >= 0.6 is 0 Å². The molecule has 1 aliphatic heterocycles. The van der Waals surface area contributed by atoms with Crippen molar-refractivity contribution in [1.29, 1.82) is 0 Å². The molecule has 24 heavy (non-hydrogen) atoms. The molecule has 116 valence electrons. The highest BCUT2D eigenvalue weighted by molar-refractivity contribution is 5.96. The highest BCUT2D eigenvalue weighted by Crippen LogP contribution is 2.37. The smallest absolute Gasteiger partial charge is 0.175 e. The lowest BCUT2D eigenvalue weighted by Crippen LogP contribution is -1.86. The summed E-state index contributed by atoms with van der Waals surface area (Å²) in [5.74, 6) is 1.75. The Bertz CT molecular complexity index is 1050. The number of rotatable bonds is 2. The van der Waals surface area contributed by atoms with Gasteiger partial charge in [-0.1, -0.05) is 29.4 Å². The maximum atomic E-state index is 5.62. The summed E-state index contributed by atoms with van der Waals surface area (Å²) in [6.07, 6.45) is 4.53. The number of ether oxygens (including phenoxy) is 1. The van der Waals surface area contributed by atoms with Gasteiger partial charge in [-0.25, -0.2) is 0 Å². The van der Waals surface area contributed by atoms with Gasteiger partial charge in [-0.2, -0.15) is 0 Å². The van der Waals surface area contributed by atoms with Gasteiger partial charge >= 0.3 is 0 Å². The zero-order valence-electron chi connectivity index (χ0n) is 12.9. The van der Waals surface area contributed by atoms with Crippen LogP contribution in [-0.2, 0) is 6.42 Å². The molecule has 0 bridgehead atoms. The monoisotopic (exact) mass is 314 g/mol. The van der Waals surface area contributed by atoms with Gasteiger partial charge in [0.05, 0.1) is 18.3 Å². The van der Waals surface area contributed by atoms with Gasteiger partial charge in [-0.05, 0) is 35.4 Å². The molecule has 0 saturated carbocycles. The molecule has 4 nitrogen and oxygen atoms in total. The van der Waals surface area contributed by atoms with E-state index in [0.717, 1.165) is 52.1 Å². The number of fused-ring (bicyclic) bond motifs is 2. The molecule has 2 aromatic heterocycles. The molecular weight excluding hydrogens is 300 g/mol. The Hall–Kier alpha value is -3.14. The van der Waals surface area contributed by atoms with Crippen LogP contribution in [0.2, 0.25) is 0 Å². The number of hydrogen-bond donors (Lipinski definition) is 0. The van der Waals surface area contributed by atoms with Crippen molar-refractivity contribution >= 4 is 10.9 Å². The number of benzene rings is 2. The molecule has 0 fully saturated rings. The van der Waals surface area contributed by atoms with Crippen molar-refractivity contribution in [3.8, 4) is 28.2 Å². The minimum absolute atomic E-state index is 0.754. The third-order valence-electron chi connectivity index (χ3n) is 4.46. The van der Waals surface area contributed by atoms with Crippen molar-refractivity contribution in [2.24, 2.45) is 0 Å². The standard InChI is InChI=1S/C20H14N2O2/c1-2-4-18-15(3-1)16(7-9-21-18)20-17(12-22-24-20)13-5-6-19-14(11-13)8-10-23-19/h1-7,9,11-12H,8,10H2. The van der Waals surface area contributed by atoms with E-state index in [1.165, 1.54) is 5.56 Å². The fourth-order valence-electron chi connectivity index (χ4n) is 3.29. The summed E-state index contributed by atoms with van der Waals surface area (Å²) in [5, 5.41) is 5.11. The van der Waals surface area contributed by atoms with Crippen LogP contribution in [0.1, 0.15) is 5.56 Å². The number of hydrogen-bond acceptors (Lipinski definition) is 4. The third kappa shape index (κ3) is 2.00. The van der Waals surface area contributed by atoms with Crippen molar-refractivity contribution in [2.45, 2.75) is 6.42 Å². The van der Waals surface area contributed by atoms with Crippen LogP contribution in [0.15, 0.2) is 65.4 Å². The van der Waals surface area contributed by atoms with Gasteiger partial charge in [0.15, 0.2) is 5.76 Å². The summed E-state index contributed by atoms with van der Waals surface area (Å²) >= 11 is 0. The maximum Gasteiger partial charge on any atom is 0.175 e. The molecule has 0 spiro atoms. The van der Waals surface area contributed by atoms with Crippen LogP contribution in [0, 0.1) is 0 Å². The zero-order chi connectivity index (χ0) is 15.9. The van der Waals surface area contributed by atoms with E-state index in [4.69, 9.17) is 9.26 Å². The number of para-hydroxylation sites is 1. The van der Waals surface area contributed by atoms with Crippen molar-refractivity contribution in [3.05, 3.63) is 66.5 Å². The third-order valence-corrected chi connectivity index (χ3v) is 4.46. The molecule has 0 atom stereocenters. The first-order chi connectivity index (χ1) is 11.9. The summed E-state index contributed by atoms with van der Waals surface area (Å²) in [7, 11) is 0. The minimum Gasteiger partial charge on any atom is -0.493 e. The summed E-state index contributed by atoms with van der Waals surface area (Å²) in [6, 6.07) is 16.3. The molecule has 5 rings (SSSR count). The number of nitrogens with zero attached hydrogens (tertiary/aromatic N) is 2. The molecule has 0 saturated heterocycles. The second-order valence-electron chi connectivity index (χ2n) is 5.87. The Kier molecular flexibility index (Phi) is 2.88. The molecule has 0 radical (unpaired) electrons. The van der Waals surface area contributed by atoms with Gasteiger partial charge < -0.3 is 9.26 Å². The average Bonchev–Trinajstić information content (AvgIpc) is 3.29. The SMILES string of the molecule is c1ccc2c(-c3oncc3-c3ccc4c(c3)CCO4)ccnc2c1. The summed E-state index contributed by atoms with van der Waals surface area (Å²) in [5.41, 5.74) is 5.27. The van der Waals surface area contributed by atoms with E-state index < -0.39 is 0 Å². The van der Waals surface area contributed by atoms with Crippen molar-refractivity contribution in [2.75, 3.05) is 6.61 Å². The minimum atomic E-state index is 0.754. The molecule has 4 aromatic rings. The molecule has 4 heteroatoms. The zero-order valence-corrected chi connectivity index (χ0v) is 12.9. The number of pyridine rings is 1. The normalized spacial score (nSPS) is 13.0. The highest BCUT2D eigenvalue weighted by atomic mass is 16.5. The second-order valence-corrected chi connectivity index (χ2v) is 5.87. The van der Waals surface area contributed by atoms with Crippen molar-refractivity contribution in [1.82, 2.24) is 10.1 Å². The van der Waals surface area contributed by atoms with E-state index in [9.17, 15) is 0 Å². The molecule has 2 aromatic carbocycles. The lowest BCUT2D eigenvalue weighted by Gasteiger charge is -2.06. The molecule has 0 N–H and O–H groups in total. The van der Waals surface area contributed by atoms with E-state index in [1.54, 1.807) is 12.4 Å². The Morgan fingerprint density at radius 2 is 1.92 bits per heavy atom. The van der Waals surface area contributed by atoms with E-state index in [2.05, 4.69) is 28.3 Å². The van der Waals surface area contributed by atoms with Gasteiger partial charge in [0.25, 0.3) is 0 Å². The Morgan fingerprint density at radius 1 is 0.958 bits per heavy atom. The summed E-state index contributed by atoms with van der Waals surface area (Å²) in [6.45, 7) is 0.754. The second kappa shape index (κ2) is 5.20. The summed E-state index contributed by atoms with van der Waals surface area (Å²) in [4.78, 5) is 4.42. The topological polar surface area (TPSA) is 48.2 Å². The summed E-state index contributed by atoms with van der Waals surface area (Å²) < 4.78 is 11.2. The highest BCUT2D eigenvalue weighted by Gasteiger charge is 2.18. The van der Waals surface area contributed by atoms with E-state index in [0.29, 0.717) is 0 Å². The van der Waals surface area contributed by atoms with Gasteiger partial charge in [-0.15, -0.1) is 0 Å². The average molecular weight is 314 g/mol. The number of aromatic nitrogens is 2. The first kappa shape index (κ1) is 13.3. The predicted molar refractivity (Wildman–Crippen MR) is 91.9 cm³/mol. The first-order valence-corrected chi connectivity index (χ1v) is 7.95. The van der Waals surface area contributed by atoms with Crippen LogP contribution in [0.4, 0.5) is 0 Å². The van der Waals surface area contributed by atoms with Gasteiger partial charge in [0.2, 0.25) is 0 Å². The molecule has 1 aliphatic rings. The Morgan fingerprint density at radius 3 is 2.92 bits per heavy atom. The van der Waals surface area contributed by atoms with E-state index in [-0.39, 0.29) is 0 Å². The molecular formula is C20H14N2O2. The van der Waals surface area contributed by atoms with Gasteiger partial charge in [0.1, 0.15) is 5.75 Å². The van der Waals surface area contributed by atoms with E-state index in [1.807, 2.05) is 30.3 Å². The largest absolute Gasteiger partial charge is 0.493 e. The van der Waals surface area contributed by atoms with Gasteiger partial charge in [-0.3, -0.25) is 4.98 Å². The van der Waals surface area contributed by atoms with Crippen LogP contribution in [-0.4, -0.2) is 16.7 Å². The maximum absolute atomic E-state index is 5.62. The fraction of sp³-hybridized carbons (Fsp3) is 0.100. The van der Waals surface area contributed by atoms with Crippen LogP contribution in [0.3, 0.4) is 0 Å². The Labute approximate surface area is 138 Å². The Balaban J connectivity index is 1.70. The molecule has 0 amide bonds. The molecule has 3 heterocycles. The van der Waals surface area contributed by atoms with Gasteiger partial charge in [0, 0.05) is 29.1 Å². The van der Waals surface area contributed by atoms with Crippen LogP contribution < -0.4 is 4.74 Å². The van der Waals surface area contributed by atoms with Crippen molar-refractivity contribution in [3.63, 3.8) is 0 Å². The van der Waals surface area contributed by atoms with Crippen LogP contribution in [0.5, 0.6) is 5.75 Å². The molecule has 0 unspecified atom stereocenters. The van der Waals surface area contributed by atoms with Crippen molar-refractivity contribution < 1.29 is 9.26 Å². The lowest BCUT2D eigenvalue weighted by atomic mass is 9.98. The lowest BCUT2D eigenvalue weighted by molar-refractivity contribution is 0.357. The molecule has 0 aliphatic carbocycles. The quantitative estimate of drug-likeness (QED) is 0.547. The fourth-order valence-corrected chi connectivity index (χ4v) is 3.29. The predicted octanol–water partition coefficient (Wildman–Crippen LogP) is 4.49. The van der Waals surface area contributed by atoms with Crippen LogP contribution in [0.25, 0.3) is 33.4 Å². The first-order valence-electron chi connectivity index (χ1n) is 7.95.